The van der Waals surface area contributed by atoms with Crippen molar-refractivity contribution in [2.45, 2.75) is 66.1 Å². The smallest absolute Gasteiger partial charge is 0.226 e. The molecule has 3 rings (SSSR count). The van der Waals surface area contributed by atoms with E-state index in [0.29, 0.717) is 24.6 Å². The van der Waals surface area contributed by atoms with Crippen LogP contribution >= 0.6 is 0 Å². The molecular formula is C24H36N4O3. The van der Waals surface area contributed by atoms with Gasteiger partial charge in [-0.3, -0.25) is 4.79 Å². The van der Waals surface area contributed by atoms with Crippen LogP contribution in [0, 0.1) is 5.92 Å². The number of hydrogen-bond donors (Lipinski definition) is 1. The van der Waals surface area contributed by atoms with E-state index in [4.69, 9.17) is 14.5 Å². The lowest BCUT2D eigenvalue weighted by atomic mass is 10.0. The number of carbonyl (C=O) groups is 1. The molecule has 0 radical (unpaired) electrons. The first-order valence-corrected chi connectivity index (χ1v) is 11.1. The minimum atomic E-state index is -0.134. The second-order valence-corrected chi connectivity index (χ2v) is 9.09. The molecule has 0 bridgehead atoms. The van der Waals surface area contributed by atoms with Crippen molar-refractivity contribution in [3.63, 3.8) is 0 Å². The van der Waals surface area contributed by atoms with Gasteiger partial charge in [0, 0.05) is 30.1 Å². The van der Waals surface area contributed by atoms with Crippen molar-refractivity contribution in [3.05, 3.63) is 24.0 Å². The molecule has 0 saturated heterocycles. The average molecular weight is 429 g/mol. The predicted octanol–water partition coefficient (Wildman–Crippen LogP) is 4.56. The fourth-order valence-corrected chi connectivity index (χ4v) is 4.08. The van der Waals surface area contributed by atoms with Crippen LogP contribution < -0.4 is 14.8 Å². The van der Waals surface area contributed by atoms with Crippen LogP contribution in [0.1, 0.15) is 53.3 Å². The van der Waals surface area contributed by atoms with E-state index in [1.165, 1.54) is 0 Å². The zero-order chi connectivity index (χ0) is 22.8. The Hall–Kier alpha value is -2.70. The summed E-state index contributed by atoms with van der Waals surface area (Å²) in [6.45, 7) is 12.5. The number of amides is 1. The van der Waals surface area contributed by atoms with E-state index < -0.39 is 0 Å². The molecule has 1 aliphatic rings. The highest BCUT2D eigenvalue weighted by molar-refractivity contribution is 5.79. The molecule has 0 saturated carbocycles. The standard InChI is InChI=1S/C24H36N4O3/c1-8-16(9-2)23(29)27-12-13-28-20(15-27)25-21(22(28)26-24(3,4)5)17-10-11-18(30-6)19(14-17)31-7/h10-11,14,16,26H,8-9,12-13,15H2,1-7H3. The third-order valence-electron chi connectivity index (χ3n) is 5.77. The maximum absolute atomic E-state index is 13.0. The normalized spacial score (nSPS) is 13.9. The molecule has 0 unspecified atom stereocenters. The highest BCUT2D eigenvalue weighted by Crippen LogP contribution is 2.37. The zero-order valence-corrected chi connectivity index (χ0v) is 19.9. The Labute approximate surface area is 185 Å². The van der Waals surface area contributed by atoms with Crippen LogP contribution in [0.4, 0.5) is 5.82 Å². The molecule has 1 aromatic carbocycles. The van der Waals surface area contributed by atoms with Gasteiger partial charge in [0.2, 0.25) is 5.91 Å². The number of hydrogen-bond acceptors (Lipinski definition) is 5. The fourth-order valence-electron chi connectivity index (χ4n) is 4.08. The van der Waals surface area contributed by atoms with Crippen LogP contribution in [0.5, 0.6) is 11.5 Å². The summed E-state index contributed by atoms with van der Waals surface area (Å²) in [4.78, 5) is 19.9. The van der Waals surface area contributed by atoms with Crippen LogP contribution in [0.3, 0.4) is 0 Å². The van der Waals surface area contributed by atoms with Gasteiger partial charge < -0.3 is 24.3 Å². The maximum Gasteiger partial charge on any atom is 0.226 e. The molecule has 170 valence electrons. The van der Waals surface area contributed by atoms with E-state index in [-0.39, 0.29) is 17.4 Å². The number of nitrogens with one attached hydrogen (secondary N) is 1. The molecule has 0 spiro atoms. The number of methoxy groups -OCH3 is 2. The first-order valence-electron chi connectivity index (χ1n) is 11.1. The van der Waals surface area contributed by atoms with Crippen molar-refractivity contribution in [1.82, 2.24) is 14.5 Å². The highest BCUT2D eigenvalue weighted by atomic mass is 16.5. The lowest BCUT2D eigenvalue weighted by Crippen LogP contribution is -2.42. The minimum absolute atomic E-state index is 0.0824. The van der Waals surface area contributed by atoms with E-state index in [9.17, 15) is 4.79 Å². The van der Waals surface area contributed by atoms with E-state index in [2.05, 4.69) is 44.5 Å². The SMILES string of the molecule is CCC(CC)C(=O)N1CCn2c(nc(-c3ccc(OC)c(OC)c3)c2NC(C)(C)C)C1. The summed E-state index contributed by atoms with van der Waals surface area (Å²) in [6, 6.07) is 5.85. The quantitative estimate of drug-likeness (QED) is 0.700. The molecule has 2 aromatic rings. The number of rotatable bonds is 7. The van der Waals surface area contributed by atoms with Crippen molar-refractivity contribution in [2.24, 2.45) is 5.92 Å². The molecule has 1 amide bonds. The van der Waals surface area contributed by atoms with Gasteiger partial charge in [-0.05, 0) is 51.8 Å². The molecule has 2 heterocycles. The topological polar surface area (TPSA) is 68.6 Å². The van der Waals surface area contributed by atoms with Gasteiger partial charge in [-0.15, -0.1) is 0 Å². The molecule has 7 heteroatoms. The van der Waals surface area contributed by atoms with E-state index >= 15 is 0 Å². The summed E-state index contributed by atoms with van der Waals surface area (Å²) in [7, 11) is 3.26. The third-order valence-corrected chi connectivity index (χ3v) is 5.77. The molecule has 0 atom stereocenters. The Bertz CT molecular complexity index is 926. The van der Waals surface area contributed by atoms with E-state index in [1.807, 2.05) is 23.1 Å². The van der Waals surface area contributed by atoms with Gasteiger partial charge in [0.15, 0.2) is 11.5 Å². The second-order valence-electron chi connectivity index (χ2n) is 9.09. The zero-order valence-electron chi connectivity index (χ0n) is 19.9. The summed E-state index contributed by atoms with van der Waals surface area (Å²) in [6.07, 6.45) is 1.74. The van der Waals surface area contributed by atoms with Crippen LogP contribution in [0.15, 0.2) is 18.2 Å². The lowest BCUT2D eigenvalue weighted by Gasteiger charge is -2.32. The summed E-state index contributed by atoms with van der Waals surface area (Å²) < 4.78 is 13.1. The van der Waals surface area contributed by atoms with Gasteiger partial charge in [-0.1, -0.05) is 13.8 Å². The summed E-state index contributed by atoms with van der Waals surface area (Å²) in [5.41, 5.74) is 1.68. The summed E-state index contributed by atoms with van der Waals surface area (Å²) in [5, 5.41) is 3.64. The number of carbonyl (C=O) groups excluding carboxylic acids is 1. The van der Waals surface area contributed by atoms with Gasteiger partial charge in [0.1, 0.15) is 17.3 Å². The average Bonchev–Trinajstić information content (AvgIpc) is 3.09. The number of nitrogens with zero attached hydrogens (tertiary/aromatic N) is 3. The lowest BCUT2D eigenvalue weighted by molar-refractivity contribution is -0.137. The number of aromatic nitrogens is 2. The van der Waals surface area contributed by atoms with Gasteiger partial charge in [0.05, 0.1) is 20.8 Å². The molecule has 0 aliphatic carbocycles. The molecular weight excluding hydrogens is 392 g/mol. The fraction of sp³-hybridized carbons (Fsp3) is 0.583. The Balaban J connectivity index is 2.03. The number of imidazole rings is 1. The van der Waals surface area contributed by atoms with Crippen molar-refractivity contribution < 1.29 is 14.3 Å². The van der Waals surface area contributed by atoms with Crippen LogP contribution in [-0.2, 0) is 17.9 Å². The largest absolute Gasteiger partial charge is 0.493 e. The summed E-state index contributed by atoms with van der Waals surface area (Å²) in [5.74, 6) is 3.54. The van der Waals surface area contributed by atoms with Crippen molar-refractivity contribution in [3.8, 4) is 22.8 Å². The van der Waals surface area contributed by atoms with Crippen molar-refractivity contribution in [2.75, 3.05) is 26.1 Å². The van der Waals surface area contributed by atoms with Gasteiger partial charge in [-0.25, -0.2) is 4.98 Å². The monoisotopic (exact) mass is 428 g/mol. The highest BCUT2D eigenvalue weighted by Gasteiger charge is 2.30. The maximum atomic E-state index is 13.0. The Morgan fingerprint density at radius 2 is 1.81 bits per heavy atom. The van der Waals surface area contributed by atoms with Crippen molar-refractivity contribution in [1.29, 1.82) is 0 Å². The predicted molar refractivity (Wildman–Crippen MR) is 124 cm³/mol. The first kappa shape index (κ1) is 23.0. The van der Waals surface area contributed by atoms with Gasteiger partial charge in [-0.2, -0.15) is 0 Å². The Kier molecular flexibility index (Phi) is 6.82. The molecule has 1 aromatic heterocycles. The summed E-state index contributed by atoms with van der Waals surface area (Å²) >= 11 is 0. The molecule has 1 N–H and O–H groups in total. The number of ether oxygens (including phenoxy) is 2. The van der Waals surface area contributed by atoms with E-state index in [1.54, 1.807) is 14.2 Å². The third kappa shape index (κ3) is 4.81. The first-order chi connectivity index (χ1) is 14.7. The van der Waals surface area contributed by atoms with Crippen molar-refractivity contribution >= 4 is 11.7 Å². The molecule has 7 nitrogen and oxygen atoms in total. The second kappa shape index (κ2) is 9.20. The van der Waals surface area contributed by atoms with Crippen LogP contribution in [0.25, 0.3) is 11.3 Å². The van der Waals surface area contributed by atoms with Gasteiger partial charge in [0.25, 0.3) is 0 Å². The molecule has 31 heavy (non-hydrogen) atoms. The van der Waals surface area contributed by atoms with Crippen LogP contribution in [0.2, 0.25) is 0 Å². The number of benzene rings is 1. The molecule has 1 aliphatic heterocycles. The van der Waals surface area contributed by atoms with Crippen LogP contribution in [-0.4, -0.2) is 46.7 Å². The number of fused-ring (bicyclic) bond motifs is 1. The minimum Gasteiger partial charge on any atom is -0.493 e. The Morgan fingerprint density at radius 3 is 2.39 bits per heavy atom. The van der Waals surface area contributed by atoms with Gasteiger partial charge >= 0.3 is 0 Å². The van der Waals surface area contributed by atoms with E-state index in [0.717, 1.165) is 42.3 Å². The number of anilines is 1. The molecule has 0 fully saturated rings. The Morgan fingerprint density at radius 1 is 1.13 bits per heavy atom.